The van der Waals surface area contributed by atoms with E-state index in [4.69, 9.17) is 5.26 Å². The number of aldehydes is 1. The van der Waals surface area contributed by atoms with Crippen LogP contribution in [0.5, 0.6) is 0 Å². The fourth-order valence-corrected chi connectivity index (χ4v) is 2.19. The first kappa shape index (κ1) is 17.1. The number of rotatable bonds is 3. The fraction of sp³-hybridized carbons (Fsp3) is 0.235. The summed E-state index contributed by atoms with van der Waals surface area (Å²) in [7, 11) is 0. The topological polar surface area (TPSA) is 98.5 Å². The summed E-state index contributed by atoms with van der Waals surface area (Å²) >= 11 is 0. The molecule has 1 N–H and O–H groups in total. The zero-order valence-electron chi connectivity index (χ0n) is 13.3. The molecule has 2 heterocycles. The summed E-state index contributed by atoms with van der Waals surface area (Å²) in [5.74, 6) is 0.712. The molecule has 0 aliphatic carbocycles. The van der Waals surface area contributed by atoms with Crippen molar-refractivity contribution in [2.24, 2.45) is 4.99 Å². The number of carbonyl (C=O) groups excluding carboxylic acids is 2. The largest absolute Gasteiger partial charge is 0.328 e. The van der Waals surface area contributed by atoms with E-state index in [1.165, 1.54) is 11.1 Å². The van der Waals surface area contributed by atoms with Gasteiger partial charge >= 0.3 is 6.03 Å². The predicted molar refractivity (Wildman–Crippen MR) is 90.3 cm³/mol. The van der Waals surface area contributed by atoms with Gasteiger partial charge in [-0.15, -0.1) is 0 Å². The van der Waals surface area contributed by atoms with E-state index >= 15 is 0 Å². The van der Waals surface area contributed by atoms with E-state index in [9.17, 15) is 9.59 Å². The molecule has 0 radical (unpaired) electrons. The third-order valence-electron chi connectivity index (χ3n) is 3.46. The van der Waals surface area contributed by atoms with Crippen molar-refractivity contribution in [3.63, 3.8) is 0 Å². The van der Waals surface area contributed by atoms with Gasteiger partial charge in [-0.25, -0.2) is 14.8 Å². The Hall–Kier alpha value is -3.27. The first-order chi connectivity index (χ1) is 11.6. The number of aliphatic imine (C=N–C) groups is 1. The van der Waals surface area contributed by atoms with Crippen LogP contribution < -0.4 is 5.32 Å². The lowest BCUT2D eigenvalue weighted by atomic mass is 10.1. The molecule has 0 atom stereocenters. The van der Waals surface area contributed by atoms with Gasteiger partial charge in [-0.2, -0.15) is 5.26 Å². The standard InChI is InChI=1S/C17H17N5O2/c1-3-14(11-23)20-16-12(2)5-4-8-22(16)17(24)21-15-7-6-13(9-18)10-19-15/h3,6-7,10-11H,2,4-5,8H2,1H3,(H,19,21,24)/b14-3-,20-16+. The number of anilines is 1. The van der Waals surface area contributed by atoms with Crippen molar-refractivity contribution >= 4 is 24.0 Å². The van der Waals surface area contributed by atoms with E-state index in [1.54, 1.807) is 25.1 Å². The van der Waals surface area contributed by atoms with Crippen molar-refractivity contribution in [1.82, 2.24) is 9.88 Å². The highest BCUT2D eigenvalue weighted by molar-refractivity contribution is 6.11. The number of likely N-dealkylation sites (tertiary alicyclic amines) is 1. The monoisotopic (exact) mass is 323 g/mol. The molecule has 1 saturated heterocycles. The van der Waals surface area contributed by atoms with E-state index in [-0.39, 0.29) is 5.70 Å². The normalized spacial score (nSPS) is 16.7. The number of nitrogens with zero attached hydrogens (tertiary/aromatic N) is 4. The number of piperidine rings is 1. The maximum absolute atomic E-state index is 12.5. The molecular formula is C17H17N5O2. The Morgan fingerprint density at radius 1 is 1.54 bits per heavy atom. The summed E-state index contributed by atoms with van der Waals surface area (Å²) in [6, 6.07) is 4.67. The van der Waals surface area contributed by atoms with E-state index in [0.29, 0.717) is 42.0 Å². The number of amides is 2. The van der Waals surface area contributed by atoms with Gasteiger partial charge < -0.3 is 0 Å². The summed E-state index contributed by atoms with van der Waals surface area (Å²) in [5, 5.41) is 11.4. The van der Waals surface area contributed by atoms with Gasteiger partial charge in [0.25, 0.3) is 0 Å². The zero-order chi connectivity index (χ0) is 17.5. The maximum Gasteiger partial charge on any atom is 0.328 e. The van der Waals surface area contributed by atoms with Crippen molar-refractivity contribution < 1.29 is 9.59 Å². The quantitative estimate of drug-likeness (QED) is 0.683. The molecule has 0 saturated carbocycles. The van der Waals surface area contributed by atoms with Crippen LogP contribution in [0.25, 0.3) is 0 Å². The summed E-state index contributed by atoms with van der Waals surface area (Å²) in [6.07, 6.45) is 5.06. The molecule has 2 rings (SSSR count). The lowest BCUT2D eigenvalue weighted by Gasteiger charge is -2.29. The fourth-order valence-electron chi connectivity index (χ4n) is 2.19. The van der Waals surface area contributed by atoms with E-state index < -0.39 is 6.03 Å². The average molecular weight is 323 g/mol. The Bertz CT molecular complexity index is 756. The number of amidine groups is 1. The van der Waals surface area contributed by atoms with Gasteiger partial charge in [-0.3, -0.25) is 15.0 Å². The van der Waals surface area contributed by atoms with Crippen LogP contribution in [-0.2, 0) is 4.79 Å². The number of nitriles is 1. The molecule has 1 aliphatic heterocycles. The smallest absolute Gasteiger partial charge is 0.296 e. The SMILES string of the molecule is C=C1CCCN(C(=O)Nc2ccc(C#N)cn2)/C1=N/C(C=O)=C\C. The minimum Gasteiger partial charge on any atom is -0.296 e. The minimum absolute atomic E-state index is 0.238. The number of aromatic nitrogens is 1. The molecular weight excluding hydrogens is 306 g/mol. The molecule has 1 aliphatic rings. The summed E-state index contributed by atoms with van der Waals surface area (Å²) in [4.78, 5) is 33.2. The van der Waals surface area contributed by atoms with Gasteiger partial charge in [-0.05, 0) is 37.5 Å². The highest BCUT2D eigenvalue weighted by atomic mass is 16.2. The number of allylic oxidation sites excluding steroid dienone is 2. The first-order valence-corrected chi connectivity index (χ1v) is 7.42. The van der Waals surface area contributed by atoms with Crippen LogP contribution in [0.2, 0.25) is 0 Å². The summed E-state index contributed by atoms with van der Waals surface area (Å²) in [6.45, 7) is 6.10. The first-order valence-electron chi connectivity index (χ1n) is 7.42. The highest BCUT2D eigenvalue weighted by Crippen LogP contribution is 2.19. The number of nitrogens with one attached hydrogen (secondary N) is 1. The van der Waals surface area contributed by atoms with E-state index in [0.717, 1.165) is 6.42 Å². The van der Waals surface area contributed by atoms with Crippen LogP contribution in [0.3, 0.4) is 0 Å². The Morgan fingerprint density at radius 2 is 2.33 bits per heavy atom. The lowest BCUT2D eigenvalue weighted by Crippen LogP contribution is -2.44. The van der Waals surface area contributed by atoms with Crippen molar-refractivity contribution in [2.45, 2.75) is 19.8 Å². The van der Waals surface area contributed by atoms with Gasteiger partial charge in [0.05, 0.1) is 5.56 Å². The number of hydrogen-bond donors (Lipinski definition) is 1. The third kappa shape index (κ3) is 3.93. The van der Waals surface area contributed by atoms with Crippen LogP contribution >= 0.6 is 0 Å². The molecule has 122 valence electrons. The zero-order valence-corrected chi connectivity index (χ0v) is 13.3. The second-order valence-corrected chi connectivity index (χ2v) is 5.10. The molecule has 0 aromatic carbocycles. The summed E-state index contributed by atoms with van der Waals surface area (Å²) in [5.41, 5.74) is 1.35. The second kappa shape index (κ2) is 7.83. The third-order valence-corrected chi connectivity index (χ3v) is 3.46. The molecule has 0 unspecified atom stereocenters. The Balaban J connectivity index is 2.22. The number of pyridine rings is 1. The van der Waals surface area contributed by atoms with E-state index in [2.05, 4.69) is 21.9 Å². The van der Waals surface area contributed by atoms with Crippen LogP contribution in [0, 0.1) is 11.3 Å². The Kier molecular flexibility index (Phi) is 5.58. The van der Waals surface area contributed by atoms with Gasteiger partial charge in [0.1, 0.15) is 23.4 Å². The number of carbonyl (C=O) groups is 2. The van der Waals surface area contributed by atoms with E-state index in [1.807, 2.05) is 6.07 Å². The minimum atomic E-state index is -0.409. The van der Waals surface area contributed by atoms with Crippen molar-refractivity contribution in [3.8, 4) is 6.07 Å². The van der Waals surface area contributed by atoms with Crippen molar-refractivity contribution in [2.75, 3.05) is 11.9 Å². The van der Waals surface area contributed by atoms with Crippen molar-refractivity contribution in [1.29, 1.82) is 5.26 Å². The van der Waals surface area contributed by atoms with Crippen LogP contribution in [-0.4, -0.2) is 34.6 Å². The molecule has 7 heteroatoms. The van der Waals surface area contributed by atoms with Crippen LogP contribution in [0.4, 0.5) is 10.6 Å². The number of urea groups is 1. The Labute approximate surface area is 140 Å². The number of hydrogen-bond acceptors (Lipinski definition) is 5. The maximum atomic E-state index is 12.5. The highest BCUT2D eigenvalue weighted by Gasteiger charge is 2.26. The molecule has 2 amide bonds. The van der Waals surface area contributed by atoms with Crippen LogP contribution in [0.1, 0.15) is 25.3 Å². The average Bonchev–Trinajstić information content (AvgIpc) is 2.61. The predicted octanol–water partition coefficient (Wildman–Crippen LogP) is 2.64. The molecule has 0 spiro atoms. The second-order valence-electron chi connectivity index (χ2n) is 5.10. The molecule has 1 fully saturated rings. The van der Waals surface area contributed by atoms with Gasteiger partial charge in [0.2, 0.25) is 0 Å². The van der Waals surface area contributed by atoms with Crippen molar-refractivity contribution in [3.05, 3.63) is 47.8 Å². The Morgan fingerprint density at radius 3 is 2.92 bits per heavy atom. The molecule has 0 bridgehead atoms. The van der Waals surface area contributed by atoms with Gasteiger partial charge in [0, 0.05) is 12.7 Å². The molecule has 7 nitrogen and oxygen atoms in total. The van der Waals surface area contributed by atoms with Crippen LogP contribution in [0.15, 0.2) is 47.2 Å². The molecule has 24 heavy (non-hydrogen) atoms. The summed E-state index contributed by atoms with van der Waals surface area (Å²) < 4.78 is 0. The molecule has 1 aromatic heterocycles. The van der Waals surface area contributed by atoms with Gasteiger partial charge in [-0.1, -0.05) is 12.7 Å². The molecule has 1 aromatic rings. The lowest BCUT2D eigenvalue weighted by molar-refractivity contribution is -0.104. The van der Waals surface area contributed by atoms with Gasteiger partial charge in [0.15, 0.2) is 6.29 Å².